The number of hydrogen-bond donors (Lipinski definition) is 0. The van der Waals surface area contributed by atoms with Gasteiger partial charge in [-0.15, -0.1) is 11.8 Å². The Labute approximate surface area is 133 Å². The first-order valence-electron chi connectivity index (χ1n) is 7.21. The van der Waals surface area contributed by atoms with Crippen LogP contribution in [0.1, 0.15) is 5.56 Å². The molecule has 0 aliphatic rings. The van der Waals surface area contributed by atoms with Crippen LogP contribution < -0.4 is 0 Å². The van der Waals surface area contributed by atoms with Crippen molar-refractivity contribution in [3.05, 3.63) is 78.6 Å². The lowest BCUT2D eigenvalue weighted by molar-refractivity contribution is 1.35. The summed E-state index contributed by atoms with van der Waals surface area (Å²) < 4.78 is 0. The molecule has 0 bridgehead atoms. The summed E-state index contributed by atoms with van der Waals surface area (Å²) in [4.78, 5) is 10.3. The van der Waals surface area contributed by atoms with E-state index < -0.39 is 0 Å². The first-order valence-corrected chi connectivity index (χ1v) is 8.19. The van der Waals surface area contributed by atoms with Crippen LogP contribution in [0.15, 0.2) is 78.0 Å². The van der Waals surface area contributed by atoms with Gasteiger partial charge in [0.1, 0.15) is 0 Å². The monoisotopic (exact) mass is 302 g/mol. The van der Waals surface area contributed by atoms with Crippen LogP contribution in [0.3, 0.4) is 0 Å². The predicted octanol–water partition coefficient (Wildman–Crippen LogP) is 5.08. The van der Waals surface area contributed by atoms with Crippen LogP contribution in [0.4, 0.5) is 0 Å². The van der Waals surface area contributed by atoms with E-state index in [-0.39, 0.29) is 0 Å². The molecule has 4 aromatic rings. The minimum Gasteiger partial charge on any atom is -0.254 e. The molecule has 3 heteroatoms. The van der Waals surface area contributed by atoms with E-state index in [4.69, 9.17) is 0 Å². The normalized spacial score (nSPS) is 11.1. The Morgan fingerprint density at radius 2 is 1.55 bits per heavy atom. The molecular weight excluding hydrogens is 288 g/mol. The minimum absolute atomic E-state index is 0.955. The molecule has 2 aromatic carbocycles. The Hall–Kier alpha value is -2.39. The van der Waals surface area contributed by atoms with Crippen molar-refractivity contribution in [3.63, 3.8) is 0 Å². The Balaban J connectivity index is 1.81. The molecule has 2 aromatic heterocycles. The van der Waals surface area contributed by atoms with E-state index in [9.17, 15) is 0 Å². The summed E-state index contributed by atoms with van der Waals surface area (Å²) in [6.45, 7) is 0. The van der Waals surface area contributed by atoms with Gasteiger partial charge in [-0.3, -0.25) is 9.97 Å². The first kappa shape index (κ1) is 13.3. The fourth-order valence-electron chi connectivity index (χ4n) is 2.60. The van der Waals surface area contributed by atoms with Gasteiger partial charge < -0.3 is 0 Å². The maximum Gasteiger partial charge on any atom is 0.0975 e. The zero-order chi connectivity index (χ0) is 14.8. The van der Waals surface area contributed by atoms with Crippen LogP contribution in [-0.4, -0.2) is 9.97 Å². The molecule has 4 rings (SSSR count). The summed E-state index contributed by atoms with van der Waals surface area (Å²) in [5, 5.41) is 2.32. The molecule has 0 atom stereocenters. The number of aromatic nitrogens is 2. The summed E-state index contributed by atoms with van der Waals surface area (Å²) in [6, 6.07) is 21.0. The standard InChI is InChI=1S/C19H14N2S/c1-2-6-14(7-3-1)13-22-17-12-15-8-4-10-20-18(15)19-16(17)9-5-11-21-19/h1-12H,13H2. The second-order valence-corrected chi connectivity index (χ2v) is 6.14. The van der Waals surface area contributed by atoms with E-state index in [2.05, 4.69) is 58.5 Å². The molecule has 0 saturated heterocycles. The molecule has 0 aliphatic carbocycles. The highest BCUT2D eigenvalue weighted by atomic mass is 32.2. The molecule has 2 heterocycles. The van der Waals surface area contributed by atoms with Gasteiger partial charge in [-0.2, -0.15) is 0 Å². The van der Waals surface area contributed by atoms with Gasteiger partial charge in [-0.25, -0.2) is 0 Å². The Kier molecular flexibility index (Phi) is 3.49. The zero-order valence-electron chi connectivity index (χ0n) is 11.9. The third-order valence-corrected chi connectivity index (χ3v) is 4.79. The van der Waals surface area contributed by atoms with Crippen LogP contribution in [0.25, 0.3) is 21.8 Å². The lowest BCUT2D eigenvalue weighted by Crippen LogP contribution is -1.88. The SMILES string of the molecule is c1ccc(CSc2cc3cccnc3c3ncccc23)cc1. The van der Waals surface area contributed by atoms with Crippen molar-refractivity contribution in [1.29, 1.82) is 0 Å². The van der Waals surface area contributed by atoms with Crippen molar-refractivity contribution < 1.29 is 0 Å². The summed E-state index contributed by atoms with van der Waals surface area (Å²) in [5.74, 6) is 0.955. The van der Waals surface area contributed by atoms with Crippen LogP contribution in [0, 0.1) is 0 Å². The summed E-state index contributed by atoms with van der Waals surface area (Å²) in [7, 11) is 0. The third kappa shape index (κ3) is 2.44. The van der Waals surface area contributed by atoms with Crippen LogP contribution in [-0.2, 0) is 5.75 Å². The predicted molar refractivity (Wildman–Crippen MR) is 93.0 cm³/mol. The Bertz CT molecular complexity index is 935. The zero-order valence-corrected chi connectivity index (χ0v) is 12.8. The topological polar surface area (TPSA) is 25.8 Å². The summed E-state index contributed by atoms with van der Waals surface area (Å²) in [5.41, 5.74) is 3.29. The van der Waals surface area contributed by atoms with Crippen molar-refractivity contribution in [2.75, 3.05) is 0 Å². The lowest BCUT2D eigenvalue weighted by atomic mass is 10.1. The second kappa shape index (κ2) is 5.78. The number of thioether (sulfide) groups is 1. The highest BCUT2D eigenvalue weighted by molar-refractivity contribution is 7.98. The van der Waals surface area contributed by atoms with Gasteiger partial charge in [-0.05, 0) is 23.8 Å². The molecule has 0 unspecified atom stereocenters. The summed E-state index contributed by atoms with van der Waals surface area (Å²) in [6.07, 6.45) is 3.66. The molecule has 0 amide bonds. The molecule has 0 radical (unpaired) electrons. The minimum atomic E-state index is 0.955. The third-order valence-electron chi connectivity index (χ3n) is 3.66. The number of fused-ring (bicyclic) bond motifs is 3. The Morgan fingerprint density at radius 1 is 0.773 bits per heavy atom. The smallest absolute Gasteiger partial charge is 0.0975 e. The first-order chi connectivity index (χ1) is 10.9. The van der Waals surface area contributed by atoms with Crippen molar-refractivity contribution >= 4 is 33.6 Å². The molecule has 106 valence electrons. The van der Waals surface area contributed by atoms with Crippen molar-refractivity contribution in [2.24, 2.45) is 0 Å². The second-order valence-electron chi connectivity index (χ2n) is 5.12. The molecule has 0 aliphatic heterocycles. The van der Waals surface area contributed by atoms with E-state index in [0.29, 0.717) is 0 Å². The fourth-order valence-corrected chi connectivity index (χ4v) is 3.64. The molecule has 0 fully saturated rings. The highest BCUT2D eigenvalue weighted by Crippen LogP contribution is 2.33. The van der Waals surface area contributed by atoms with Gasteiger partial charge in [0.2, 0.25) is 0 Å². The average molecular weight is 302 g/mol. The fraction of sp³-hybridized carbons (Fsp3) is 0.0526. The Morgan fingerprint density at radius 3 is 2.41 bits per heavy atom. The van der Waals surface area contributed by atoms with E-state index in [1.54, 1.807) is 0 Å². The molecular formula is C19H14N2S. The number of benzene rings is 2. The largest absolute Gasteiger partial charge is 0.254 e. The van der Waals surface area contributed by atoms with Gasteiger partial charge in [0.05, 0.1) is 11.0 Å². The van der Waals surface area contributed by atoms with Gasteiger partial charge >= 0.3 is 0 Å². The molecule has 0 spiro atoms. The molecule has 22 heavy (non-hydrogen) atoms. The van der Waals surface area contributed by atoms with E-state index in [0.717, 1.165) is 22.2 Å². The average Bonchev–Trinajstić information content (AvgIpc) is 2.60. The van der Waals surface area contributed by atoms with E-state index in [1.807, 2.05) is 36.3 Å². The molecule has 0 saturated carbocycles. The summed E-state index contributed by atoms with van der Waals surface area (Å²) >= 11 is 1.85. The number of nitrogens with zero attached hydrogens (tertiary/aromatic N) is 2. The maximum atomic E-state index is 4.55. The molecule has 2 nitrogen and oxygen atoms in total. The van der Waals surface area contributed by atoms with Gasteiger partial charge in [0, 0.05) is 33.8 Å². The van der Waals surface area contributed by atoms with Gasteiger partial charge in [-0.1, -0.05) is 42.5 Å². The van der Waals surface area contributed by atoms with Crippen molar-refractivity contribution in [3.8, 4) is 0 Å². The van der Waals surface area contributed by atoms with Crippen LogP contribution in [0.5, 0.6) is 0 Å². The van der Waals surface area contributed by atoms with Crippen LogP contribution in [0.2, 0.25) is 0 Å². The van der Waals surface area contributed by atoms with E-state index >= 15 is 0 Å². The lowest BCUT2D eigenvalue weighted by Gasteiger charge is -2.09. The van der Waals surface area contributed by atoms with Crippen LogP contribution >= 0.6 is 11.8 Å². The number of hydrogen-bond acceptors (Lipinski definition) is 3. The van der Waals surface area contributed by atoms with Gasteiger partial charge in [0.25, 0.3) is 0 Å². The highest BCUT2D eigenvalue weighted by Gasteiger charge is 2.08. The molecule has 0 N–H and O–H groups in total. The quantitative estimate of drug-likeness (QED) is 0.390. The van der Waals surface area contributed by atoms with Crippen molar-refractivity contribution in [2.45, 2.75) is 10.6 Å². The van der Waals surface area contributed by atoms with Crippen molar-refractivity contribution in [1.82, 2.24) is 9.97 Å². The van der Waals surface area contributed by atoms with E-state index in [1.165, 1.54) is 15.8 Å². The number of rotatable bonds is 3. The number of pyridine rings is 2. The maximum absolute atomic E-state index is 4.55. The van der Waals surface area contributed by atoms with Gasteiger partial charge in [0.15, 0.2) is 0 Å².